The predicted octanol–water partition coefficient (Wildman–Crippen LogP) is 4.44. The van der Waals surface area contributed by atoms with E-state index in [0.717, 1.165) is 23.4 Å². The molecule has 1 saturated heterocycles. The molecule has 2 aromatic heterocycles. The Balaban J connectivity index is 1.56. The molecule has 7 heteroatoms. The minimum Gasteiger partial charge on any atom is -0.462 e. The number of H-pyrrole nitrogens is 1. The summed E-state index contributed by atoms with van der Waals surface area (Å²) in [5.41, 5.74) is 3.30. The minimum absolute atomic E-state index is 0.0630. The quantitative estimate of drug-likeness (QED) is 0.644. The van der Waals surface area contributed by atoms with Crippen molar-refractivity contribution in [3.05, 3.63) is 51.8 Å². The lowest BCUT2D eigenvalue weighted by Crippen LogP contribution is -2.39. The summed E-state index contributed by atoms with van der Waals surface area (Å²) in [5.74, 6) is -0.207. The number of thiazole rings is 1. The Morgan fingerprint density at radius 3 is 2.86 bits per heavy atom. The standard InChI is InChI=1S/C22H25N3O3S/c1-4-28-22(27)18-13(2)19(23-14(18)3)21(26)25-11-7-8-15(12-25)20-24-16-9-5-6-10-17(16)29-20/h5-6,9-10,15,23H,4,7-8,11-12H2,1-3H3/t15-/m0/s1. The number of nitrogens with one attached hydrogen (secondary N) is 1. The molecule has 3 heterocycles. The van der Waals surface area contributed by atoms with Crippen molar-refractivity contribution in [3.63, 3.8) is 0 Å². The number of aromatic amines is 1. The average molecular weight is 412 g/mol. The third-order valence-corrected chi connectivity index (χ3v) is 6.70. The van der Waals surface area contributed by atoms with Crippen molar-refractivity contribution in [2.45, 2.75) is 39.5 Å². The lowest BCUT2D eigenvalue weighted by atomic mass is 9.98. The fourth-order valence-electron chi connectivity index (χ4n) is 4.06. The van der Waals surface area contributed by atoms with E-state index in [4.69, 9.17) is 9.72 Å². The predicted molar refractivity (Wildman–Crippen MR) is 114 cm³/mol. The zero-order chi connectivity index (χ0) is 20.5. The first-order chi connectivity index (χ1) is 14.0. The monoisotopic (exact) mass is 411 g/mol. The van der Waals surface area contributed by atoms with Gasteiger partial charge in [0.25, 0.3) is 5.91 Å². The second-order valence-electron chi connectivity index (χ2n) is 7.46. The average Bonchev–Trinajstić information content (AvgIpc) is 3.28. The number of ether oxygens (including phenoxy) is 1. The van der Waals surface area contributed by atoms with Gasteiger partial charge in [-0.2, -0.15) is 0 Å². The van der Waals surface area contributed by atoms with Gasteiger partial charge in [0, 0.05) is 24.7 Å². The van der Waals surface area contributed by atoms with Gasteiger partial charge in [0.05, 0.1) is 27.4 Å². The molecule has 1 atom stereocenters. The van der Waals surface area contributed by atoms with E-state index < -0.39 is 0 Å². The van der Waals surface area contributed by atoms with Gasteiger partial charge in [-0.3, -0.25) is 4.79 Å². The first kappa shape index (κ1) is 19.6. The highest BCUT2D eigenvalue weighted by Crippen LogP contribution is 2.33. The van der Waals surface area contributed by atoms with Gasteiger partial charge in [-0.25, -0.2) is 9.78 Å². The van der Waals surface area contributed by atoms with Crippen molar-refractivity contribution in [1.29, 1.82) is 0 Å². The Labute approximate surface area is 173 Å². The summed E-state index contributed by atoms with van der Waals surface area (Å²) in [4.78, 5) is 35.3. The molecular weight excluding hydrogens is 386 g/mol. The van der Waals surface area contributed by atoms with Crippen LogP contribution in [0.25, 0.3) is 10.2 Å². The topological polar surface area (TPSA) is 75.3 Å². The zero-order valence-electron chi connectivity index (χ0n) is 16.9. The molecule has 1 fully saturated rings. The Bertz CT molecular complexity index is 1040. The number of rotatable bonds is 4. The van der Waals surface area contributed by atoms with Crippen molar-refractivity contribution in [2.75, 3.05) is 19.7 Å². The maximum absolute atomic E-state index is 13.2. The maximum atomic E-state index is 13.2. The second kappa shape index (κ2) is 7.99. The van der Waals surface area contributed by atoms with E-state index >= 15 is 0 Å². The molecular formula is C22H25N3O3S. The SMILES string of the molecule is CCOC(=O)c1c(C)[nH]c(C(=O)N2CCC[C@H](c3nc4ccccc4s3)C2)c1C. The van der Waals surface area contributed by atoms with E-state index in [0.29, 0.717) is 42.2 Å². The Morgan fingerprint density at radius 2 is 2.10 bits per heavy atom. The van der Waals surface area contributed by atoms with Gasteiger partial charge in [-0.1, -0.05) is 12.1 Å². The van der Waals surface area contributed by atoms with Gasteiger partial charge >= 0.3 is 5.97 Å². The van der Waals surface area contributed by atoms with Crippen LogP contribution in [0.1, 0.15) is 62.8 Å². The summed E-state index contributed by atoms with van der Waals surface area (Å²) >= 11 is 1.71. The van der Waals surface area contributed by atoms with Gasteiger partial charge in [0.2, 0.25) is 0 Å². The molecule has 1 aliphatic rings. The van der Waals surface area contributed by atoms with Crippen LogP contribution in [0.3, 0.4) is 0 Å². The molecule has 0 saturated carbocycles. The van der Waals surface area contributed by atoms with Crippen LogP contribution in [0.4, 0.5) is 0 Å². The van der Waals surface area contributed by atoms with E-state index in [-0.39, 0.29) is 17.8 Å². The van der Waals surface area contributed by atoms with Gasteiger partial charge in [-0.05, 0) is 51.3 Å². The number of benzene rings is 1. The van der Waals surface area contributed by atoms with Gasteiger partial charge < -0.3 is 14.6 Å². The number of carbonyl (C=O) groups excluding carboxylic acids is 2. The molecule has 0 unspecified atom stereocenters. The molecule has 6 nitrogen and oxygen atoms in total. The Morgan fingerprint density at radius 1 is 1.31 bits per heavy atom. The highest BCUT2D eigenvalue weighted by Gasteiger charge is 2.30. The fourth-order valence-corrected chi connectivity index (χ4v) is 5.15. The molecule has 3 aromatic rings. The minimum atomic E-state index is -0.385. The fraction of sp³-hybridized carbons (Fsp3) is 0.409. The first-order valence-electron chi connectivity index (χ1n) is 10.0. The van der Waals surface area contributed by atoms with Crippen LogP contribution < -0.4 is 0 Å². The number of para-hydroxylation sites is 1. The number of hydrogen-bond acceptors (Lipinski definition) is 5. The van der Waals surface area contributed by atoms with E-state index in [1.807, 2.05) is 23.1 Å². The summed E-state index contributed by atoms with van der Waals surface area (Å²) < 4.78 is 6.32. The molecule has 4 rings (SSSR count). The van der Waals surface area contributed by atoms with Crippen LogP contribution in [-0.2, 0) is 4.74 Å². The number of esters is 1. The lowest BCUT2D eigenvalue weighted by Gasteiger charge is -2.31. The Hall–Kier alpha value is -2.67. The third kappa shape index (κ3) is 3.67. The number of fused-ring (bicyclic) bond motifs is 1. The Kier molecular flexibility index (Phi) is 5.41. The van der Waals surface area contributed by atoms with Gasteiger partial charge in [-0.15, -0.1) is 11.3 Å². The number of amides is 1. The number of likely N-dealkylation sites (tertiary alicyclic amines) is 1. The van der Waals surface area contributed by atoms with Gasteiger partial charge in [0.15, 0.2) is 0 Å². The molecule has 0 spiro atoms. The van der Waals surface area contributed by atoms with Crippen LogP contribution in [0, 0.1) is 13.8 Å². The molecule has 1 N–H and O–H groups in total. The number of piperidine rings is 1. The molecule has 1 aromatic carbocycles. The molecule has 152 valence electrons. The highest BCUT2D eigenvalue weighted by molar-refractivity contribution is 7.18. The van der Waals surface area contributed by atoms with Crippen LogP contribution in [0.15, 0.2) is 24.3 Å². The van der Waals surface area contributed by atoms with Crippen LogP contribution in [0.2, 0.25) is 0 Å². The number of carbonyl (C=O) groups is 2. The molecule has 0 aliphatic carbocycles. The smallest absolute Gasteiger partial charge is 0.340 e. The molecule has 1 amide bonds. The first-order valence-corrected chi connectivity index (χ1v) is 10.8. The van der Waals surface area contributed by atoms with Crippen molar-refractivity contribution in [3.8, 4) is 0 Å². The number of aryl methyl sites for hydroxylation is 1. The van der Waals surface area contributed by atoms with Crippen LogP contribution in [-0.4, -0.2) is 46.4 Å². The second-order valence-corrected chi connectivity index (χ2v) is 8.52. The summed E-state index contributed by atoms with van der Waals surface area (Å²) in [5, 5.41) is 1.09. The summed E-state index contributed by atoms with van der Waals surface area (Å²) in [6, 6.07) is 8.14. The van der Waals surface area contributed by atoms with Gasteiger partial charge in [0.1, 0.15) is 5.69 Å². The summed E-state index contributed by atoms with van der Waals surface area (Å²) in [7, 11) is 0. The molecule has 1 aliphatic heterocycles. The number of hydrogen-bond donors (Lipinski definition) is 1. The van der Waals surface area contributed by atoms with Crippen LogP contribution in [0.5, 0.6) is 0 Å². The van der Waals surface area contributed by atoms with E-state index in [1.165, 1.54) is 4.70 Å². The van der Waals surface area contributed by atoms with E-state index in [9.17, 15) is 9.59 Å². The van der Waals surface area contributed by atoms with Crippen molar-refractivity contribution >= 4 is 33.4 Å². The normalized spacial score (nSPS) is 16.9. The lowest BCUT2D eigenvalue weighted by molar-refractivity contribution is 0.0525. The third-order valence-electron chi connectivity index (χ3n) is 5.50. The van der Waals surface area contributed by atoms with E-state index in [2.05, 4.69) is 11.1 Å². The van der Waals surface area contributed by atoms with E-state index in [1.54, 1.807) is 32.1 Å². The van der Waals surface area contributed by atoms with Crippen LogP contribution >= 0.6 is 11.3 Å². The summed E-state index contributed by atoms with van der Waals surface area (Å²) in [6.45, 7) is 7.05. The van der Waals surface area contributed by atoms with Crippen molar-refractivity contribution in [2.24, 2.45) is 0 Å². The van der Waals surface area contributed by atoms with Crippen molar-refractivity contribution in [1.82, 2.24) is 14.9 Å². The maximum Gasteiger partial charge on any atom is 0.340 e. The largest absolute Gasteiger partial charge is 0.462 e. The molecule has 0 radical (unpaired) electrons. The molecule has 29 heavy (non-hydrogen) atoms. The summed E-state index contributed by atoms with van der Waals surface area (Å²) in [6.07, 6.45) is 1.97. The number of aromatic nitrogens is 2. The molecule has 0 bridgehead atoms. The van der Waals surface area contributed by atoms with Crippen molar-refractivity contribution < 1.29 is 14.3 Å². The highest BCUT2D eigenvalue weighted by atomic mass is 32.1. The zero-order valence-corrected chi connectivity index (χ0v) is 17.8. The number of nitrogens with zero attached hydrogens (tertiary/aromatic N) is 2.